The van der Waals surface area contributed by atoms with E-state index in [0.29, 0.717) is 18.4 Å². The third-order valence-electron chi connectivity index (χ3n) is 8.69. The highest BCUT2D eigenvalue weighted by Gasteiger charge is 2.50. The molecule has 1 aromatic carbocycles. The standard InChI is InChI=1S/C28H49N3O3/c1-10-18(2)21-14-25-19(13-22(21)27(5,6)29-9)11-12-24(34-25)23(32)17-30-16-20-15-26(3,4)31(33)28(20,7)8/h13-14,18,20,23-24,29-30,32-33H,10-12,15-17H2,1-9H3. The van der Waals surface area contributed by atoms with Gasteiger partial charge < -0.3 is 25.7 Å². The van der Waals surface area contributed by atoms with Crippen molar-refractivity contribution in [3.05, 3.63) is 28.8 Å². The molecule has 34 heavy (non-hydrogen) atoms. The number of hydrogen-bond donors (Lipinski definition) is 4. The van der Waals surface area contributed by atoms with Crippen LogP contribution in [0.5, 0.6) is 5.75 Å². The van der Waals surface area contributed by atoms with Crippen LogP contribution in [0, 0.1) is 5.92 Å². The normalized spacial score (nSPS) is 26.1. The van der Waals surface area contributed by atoms with Crippen molar-refractivity contribution in [2.24, 2.45) is 5.92 Å². The number of ether oxygens (including phenoxy) is 1. The highest BCUT2D eigenvalue weighted by molar-refractivity contribution is 5.48. The van der Waals surface area contributed by atoms with Gasteiger partial charge in [-0.15, -0.1) is 0 Å². The van der Waals surface area contributed by atoms with Gasteiger partial charge in [-0.2, -0.15) is 5.06 Å². The lowest BCUT2D eigenvalue weighted by Gasteiger charge is -2.36. The maximum Gasteiger partial charge on any atom is 0.126 e. The average Bonchev–Trinajstić information content (AvgIpc) is 2.95. The molecule has 1 fully saturated rings. The fraction of sp³-hybridized carbons (Fsp3) is 0.786. The summed E-state index contributed by atoms with van der Waals surface area (Å²) in [5.74, 6) is 1.67. The predicted octanol–water partition coefficient (Wildman–Crippen LogP) is 4.57. The second-order valence-corrected chi connectivity index (χ2v) is 12.3. The molecule has 0 saturated carbocycles. The summed E-state index contributed by atoms with van der Waals surface area (Å²) in [6.07, 6.45) is 2.92. The number of aliphatic hydroxyl groups excluding tert-OH is 1. The number of hydrogen-bond acceptors (Lipinski definition) is 6. The van der Waals surface area contributed by atoms with Crippen LogP contribution >= 0.6 is 0 Å². The lowest BCUT2D eigenvalue weighted by atomic mass is 9.81. The van der Waals surface area contributed by atoms with Crippen molar-refractivity contribution in [3.8, 4) is 5.75 Å². The van der Waals surface area contributed by atoms with Gasteiger partial charge in [0, 0.05) is 23.2 Å². The topological polar surface area (TPSA) is 77.0 Å². The van der Waals surface area contributed by atoms with E-state index in [1.807, 2.05) is 7.05 Å². The van der Waals surface area contributed by atoms with Crippen molar-refractivity contribution in [1.29, 1.82) is 0 Å². The van der Waals surface area contributed by atoms with Crippen LogP contribution in [0.3, 0.4) is 0 Å². The van der Waals surface area contributed by atoms with E-state index in [1.165, 1.54) is 21.8 Å². The molecule has 4 N–H and O–H groups in total. The molecule has 1 aromatic rings. The molecule has 0 aromatic heterocycles. The molecule has 0 bridgehead atoms. The van der Waals surface area contributed by atoms with E-state index < -0.39 is 6.10 Å². The van der Waals surface area contributed by atoms with E-state index in [9.17, 15) is 10.3 Å². The van der Waals surface area contributed by atoms with Crippen LogP contribution in [0.4, 0.5) is 0 Å². The Labute approximate surface area is 207 Å². The zero-order valence-corrected chi connectivity index (χ0v) is 23.0. The van der Waals surface area contributed by atoms with Gasteiger partial charge in [0.05, 0.1) is 0 Å². The van der Waals surface area contributed by atoms with Crippen LogP contribution in [0.25, 0.3) is 0 Å². The first-order valence-electron chi connectivity index (χ1n) is 13.2. The summed E-state index contributed by atoms with van der Waals surface area (Å²) in [4.78, 5) is 0. The van der Waals surface area contributed by atoms with Gasteiger partial charge in [0.2, 0.25) is 0 Å². The van der Waals surface area contributed by atoms with Gasteiger partial charge in [0.1, 0.15) is 18.0 Å². The van der Waals surface area contributed by atoms with Crippen molar-refractivity contribution in [2.45, 2.75) is 116 Å². The molecule has 194 valence electrons. The molecule has 6 heteroatoms. The van der Waals surface area contributed by atoms with Crippen LogP contribution in [-0.2, 0) is 12.0 Å². The number of hydroxylamine groups is 2. The summed E-state index contributed by atoms with van der Waals surface area (Å²) in [7, 11) is 2.02. The zero-order chi connectivity index (χ0) is 25.5. The van der Waals surface area contributed by atoms with E-state index >= 15 is 0 Å². The van der Waals surface area contributed by atoms with E-state index in [1.54, 1.807) is 0 Å². The maximum absolute atomic E-state index is 10.9. The quantitative estimate of drug-likeness (QED) is 0.419. The van der Waals surface area contributed by atoms with Crippen LogP contribution in [0.15, 0.2) is 12.1 Å². The molecular weight excluding hydrogens is 426 g/mol. The minimum absolute atomic E-state index is 0.110. The van der Waals surface area contributed by atoms with Gasteiger partial charge in [0.15, 0.2) is 0 Å². The van der Waals surface area contributed by atoms with Gasteiger partial charge in [-0.25, -0.2) is 0 Å². The molecule has 1 saturated heterocycles. The van der Waals surface area contributed by atoms with E-state index in [2.05, 4.69) is 78.2 Å². The molecule has 3 rings (SSSR count). The maximum atomic E-state index is 10.9. The van der Waals surface area contributed by atoms with E-state index in [0.717, 1.165) is 38.0 Å². The largest absolute Gasteiger partial charge is 0.487 e. The first kappa shape index (κ1) is 27.4. The number of aryl methyl sites for hydroxylation is 1. The molecule has 2 heterocycles. The van der Waals surface area contributed by atoms with Crippen molar-refractivity contribution in [2.75, 3.05) is 20.1 Å². The molecule has 2 aliphatic heterocycles. The Hall–Kier alpha value is -1.18. The Kier molecular flexibility index (Phi) is 8.11. The van der Waals surface area contributed by atoms with Crippen LogP contribution < -0.4 is 15.4 Å². The van der Waals surface area contributed by atoms with E-state index in [-0.39, 0.29) is 22.7 Å². The second-order valence-electron chi connectivity index (χ2n) is 12.3. The third-order valence-corrected chi connectivity index (χ3v) is 8.69. The van der Waals surface area contributed by atoms with Gasteiger partial charge in [-0.05, 0) is 121 Å². The number of rotatable bonds is 9. The second kappa shape index (κ2) is 10.1. The molecule has 4 unspecified atom stereocenters. The Morgan fingerprint density at radius 1 is 1.24 bits per heavy atom. The van der Waals surface area contributed by atoms with Crippen molar-refractivity contribution in [1.82, 2.24) is 15.7 Å². The first-order valence-corrected chi connectivity index (χ1v) is 13.2. The molecule has 0 aliphatic carbocycles. The van der Waals surface area contributed by atoms with Crippen molar-refractivity contribution >= 4 is 0 Å². The van der Waals surface area contributed by atoms with Gasteiger partial charge in [-0.3, -0.25) is 0 Å². The number of nitrogens with zero attached hydrogens (tertiary/aromatic N) is 1. The Balaban J connectivity index is 1.66. The minimum atomic E-state index is -0.573. The van der Waals surface area contributed by atoms with Crippen LogP contribution in [-0.4, -0.2) is 58.8 Å². The first-order chi connectivity index (χ1) is 15.7. The molecular formula is C28H49N3O3. The zero-order valence-electron chi connectivity index (χ0n) is 23.0. The molecule has 0 radical (unpaired) electrons. The summed E-state index contributed by atoms with van der Waals surface area (Å²) in [5, 5.41) is 29.9. The van der Waals surface area contributed by atoms with Gasteiger partial charge in [0.25, 0.3) is 0 Å². The summed E-state index contributed by atoms with van der Waals surface area (Å²) in [6.45, 7) is 18.5. The Morgan fingerprint density at radius 3 is 2.47 bits per heavy atom. The van der Waals surface area contributed by atoms with Gasteiger partial charge >= 0.3 is 0 Å². The third kappa shape index (κ3) is 5.31. The highest BCUT2D eigenvalue weighted by Crippen LogP contribution is 2.43. The van der Waals surface area contributed by atoms with Gasteiger partial charge in [-0.1, -0.05) is 13.8 Å². The number of benzene rings is 1. The fourth-order valence-electron chi connectivity index (χ4n) is 5.79. The number of fused-ring (bicyclic) bond motifs is 1. The summed E-state index contributed by atoms with van der Waals surface area (Å²) in [6, 6.07) is 4.54. The van der Waals surface area contributed by atoms with Crippen molar-refractivity contribution in [3.63, 3.8) is 0 Å². The fourth-order valence-corrected chi connectivity index (χ4v) is 5.79. The average molecular weight is 476 g/mol. The summed E-state index contributed by atoms with van der Waals surface area (Å²) >= 11 is 0. The highest BCUT2D eigenvalue weighted by atomic mass is 16.5. The predicted molar refractivity (Wildman–Crippen MR) is 139 cm³/mol. The van der Waals surface area contributed by atoms with Crippen molar-refractivity contribution < 1.29 is 15.1 Å². The smallest absolute Gasteiger partial charge is 0.126 e. The molecule has 4 atom stereocenters. The Morgan fingerprint density at radius 2 is 1.91 bits per heavy atom. The summed E-state index contributed by atoms with van der Waals surface area (Å²) < 4.78 is 6.39. The molecule has 2 aliphatic rings. The lowest BCUT2D eigenvalue weighted by Crippen LogP contribution is -2.49. The monoisotopic (exact) mass is 475 g/mol. The molecule has 0 amide bonds. The molecule has 6 nitrogen and oxygen atoms in total. The number of nitrogens with one attached hydrogen (secondary N) is 2. The SMILES string of the molecule is CCC(C)c1cc2c(cc1C(C)(C)NC)CCC(C(O)CNCC1CC(C)(C)N(O)C1(C)C)O2. The van der Waals surface area contributed by atoms with Crippen LogP contribution in [0.1, 0.15) is 97.3 Å². The summed E-state index contributed by atoms with van der Waals surface area (Å²) in [5.41, 5.74) is 3.26. The van der Waals surface area contributed by atoms with Crippen LogP contribution in [0.2, 0.25) is 0 Å². The molecule has 0 spiro atoms. The Bertz CT molecular complexity index is 852. The minimum Gasteiger partial charge on any atom is -0.487 e. The number of aliphatic hydroxyl groups is 1. The van der Waals surface area contributed by atoms with E-state index in [4.69, 9.17) is 4.74 Å². The lowest BCUT2D eigenvalue weighted by molar-refractivity contribution is -0.196.